The molecule has 192 valence electrons. The number of nitrogens with zero attached hydrogens (tertiary/aromatic N) is 4. The molecule has 2 aromatic heterocycles. The van der Waals surface area contributed by atoms with Crippen LogP contribution in [0.1, 0.15) is 27.3 Å². The highest BCUT2D eigenvalue weighted by molar-refractivity contribution is 7.09. The Morgan fingerprint density at radius 3 is 1.49 bits per heavy atom. The molecule has 2 amide bonds. The minimum Gasteiger partial charge on any atom is -0.444 e. The highest BCUT2D eigenvalue weighted by Crippen LogP contribution is 2.14. The van der Waals surface area contributed by atoms with Gasteiger partial charge in [0.25, 0.3) is 0 Å². The molecule has 0 aliphatic rings. The zero-order chi connectivity index (χ0) is 25.7. The molecule has 0 fully saturated rings. The van der Waals surface area contributed by atoms with E-state index < -0.39 is 12.2 Å². The third kappa shape index (κ3) is 8.69. The molecule has 0 bridgehead atoms. The molecule has 0 radical (unpaired) electrons. The summed E-state index contributed by atoms with van der Waals surface area (Å²) in [6, 6.07) is 19.5. The van der Waals surface area contributed by atoms with Crippen LogP contribution in [0.5, 0.6) is 0 Å². The lowest BCUT2D eigenvalue weighted by Crippen LogP contribution is -2.36. The van der Waals surface area contributed by atoms with E-state index in [0.717, 1.165) is 20.9 Å². The SMILES string of the molecule is O=C(OCc1cncs1)N(CCCN(Cc1ccccc1)C(=O)OCc1cncs1)Cc1ccccc1. The van der Waals surface area contributed by atoms with Crippen LogP contribution in [0.4, 0.5) is 9.59 Å². The molecule has 0 saturated heterocycles. The number of ether oxygens (including phenoxy) is 2. The number of thiazole rings is 2. The van der Waals surface area contributed by atoms with Crippen molar-refractivity contribution in [3.63, 3.8) is 0 Å². The van der Waals surface area contributed by atoms with Crippen molar-refractivity contribution in [3.8, 4) is 0 Å². The van der Waals surface area contributed by atoms with Gasteiger partial charge in [0, 0.05) is 38.6 Å². The molecule has 4 aromatic rings. The van der Waals surface area contributed by atoms with Crippen LogP contribution in [0.15, 0.2) is 84.1 Å². The number of aromatic nitrogens is 2. The fraction of sp³-hybridized carbons (Fsp3) is 0.259. The lowest BCUT2D eigenvalue weighted by atomic mass is 10.2. The fourth-order valence-corrected chi connectivity index (χ4v) is 4.62. The maximum Gasteiger partial charge on any atom is 0.410 e. The van der Waals surface area contributed by atoms with Crippen molar-refractivity contribution >= 4 is 34.9 Å². The van der Waals surface area contributed by atoms with Crippen molar-refractivity contribution < 1.29 is 19.1 Å². The summed E-state index contributed by atoms with van der Waals surface area (Å²) in [7, 11) is 0. The van der Waals surface area contributed by atoms with Crippen molar-refractivity contribution in [2.75, 3.05) is 13.1 Å². The molecule has 10 heteroatoms. The van der Waals surface area contributed by atoms with E-state index in [2.05, 4.69) is 9.97 Å². The average molecular weight is 537 g/mol. The predicted molar refractivity (Wildman–Crippen MR) is 143 cm³/mol. The molecule has 37 heavy (non-hydrogen) atoms. The van der Waals surface area contributed by atoms with Crippen LogP contribution in [-0.4, -0.2) is 45.0 Å². The molecule has 0 unspecified atom stereocenters. The van der Waals surface area contributed by atoms with Crippen molar-refractivity contribution in [2.45, 2.75) is 32.7 Å². The van der Waals surface area contributed by atoms with E-state index in [4.69, 9.17) is 9.47 Å². The van der Waals surface area contributed by atoms with E-state index in [1.165, 1.54) is 22.7 Å². The van der Waals surface area contributed by atoms with Gasteiger partial charge in [-0.2, -0.15) is 0 Å². The molecule has 0 spiro atoms. The summed E-state index contributed by atoms with van der Waals surface area (Å²) in [6.45, 7) is 2.03. The lowest BCUT2D eigenvalue weighted by molar-refractivity contribution is 0.0850. The van der Waals surface area contributed by atoms with Crippen molar-refractivity contribution in [3.05, 3.63) is 105 Å². The average Bonchev–Trinajstić information content (AvgIpc) is 3.65. The van der Waals surface area contributed by atoms with Crippen LogP contribution < -0.4 is 0 Å². The first kappa shape index (κ1) is 26.3. The van der Waals surface area contributed by atoms with Gasteiger partial charge < -0.3 is 19.3 Å². The van der Waals surface area contributed by atoms with Gasteiger partial charge in [-0.25, -0.2) is 9.59 Å². The monoisotopic (exact) mass is 536 g/mol. The fourth-order valence-electron chi connectivity index (χ4n) is 3.60. The maximum absolute atomic E-state index is 13.0. The summed E-state index contributed by atoms with van der Waals surface area (Å²) in [5, 5.41) is 0. The largest absolute Gasteiger partial charge is 0.444 e. The van der Waals surface area contributed by atoms with E-state index in [1.807, 2.05) is 60.7 Å². The lowest BCUT2D eigenvalue weighted by Gasteiger charge is -2.25. The van der Waals surface area contributed by atoms with E-state index in [0.29, 0.717) is 32.6 Å². The Bertz CT molecular complexity index is 1110. The number of amides is 2. The Kier molecular flexibility index (Phi) is 10.0. The third-order valence-corrected chi connectivity index (χ3v) is 6.95. The van der Waals surface area contributed by atoms with Crippen molar-refractivity contribution in [1.82, 2.24) is 19.8 Å². The van der Waals surface area contributed by atoms with Crippen LogP contribution in [0.25, 0.3) is 0 Å². The van der Waals surface area contributed by atoms with Gasteiger partial charge in [0.15, 0.2) is 0 Å². The second-order valence-electron chi connectivity index (χ2n) is 8.21. The normalized spacial score (nSPS) is 10.6. The molecule has 2 heterocycles. The number of rotatable bonds is 12. The molecular weight excluding hydrogens is 508 g/mol. The smallest absolute Gasteiger partial charge is 0.410 e. The summed E-state index contributed by atoms with van der Waals surface area (Å²) < 4.78 is 11.1. The van der Waals surface area contributed by atoms with Crippen LogP contribution in [0, 0.1) is 0 Å². The molecule has 2 aromatic carbocycles. The molecule has 0 atom stereocenters. The number of hydrogen-bond donors (Lipinski definition) is 0. The van der Waals surface area contributed by atoms with Gasteiger partial charge in [0.2, 0.25) is 0 Å². The van der Waals surface area contributed by atoms with E-state index in [-0.39, 0.29) is 13.2 Å². The van der Waals surface area contributed by atoms with Crippen LogP contribution in [-0.2, 0) is 35.8 Å². The molecule has 4 rings (SSSR count). The second kappa shape index (κ2) is 14.1. The van der Waals surface area contributed by atoms with Crippen LogP contribution in [0.3, 0.4) is 0 Å². The Balaban J connectivity index is 1.38. The topological polar surface area (TPSA) is 84.9 Å². The number of benzene rings is 2. The Morgan fingerprint density at radius 1 is 0.676 bits per heavy atom. The van der Waals surface area contributed by atoms with Gasteiger partial charge in [0.1, 0.15) is 13.2 Å². The Morgan fingerprint density at radius 2 is 1.11 bits per heavy atom. The van der Waals surface area contributed by atoms with Gasteiger partial charge >= 0.3 is 12.2 Å². The van der Waals surface area contributed by atoms with Crippen molar-refractivity contribution in [2.24, 2.45) is 0 Å². The summed E-state index contributed by atoms with van der Waals surface area (Å²) in [4.78, 5) is 39.1. The molecule has 0 aliphatic heterocycles. The number of carbonyl (C=O) groups is 2. The van der Waals surface area contributed by atoms with Gasteiger partial charge in [-0.1, -0.05) is 60.7 Å². The highest BCUT2D eigenvalue weighted by atomic mass is 32.1. The zero-order valence-corrected chi connectivity index (χ0v) is 21.9. The number of hydrogen-bond acceptors (Lipinski definition) is 8. The second-order valence-corrected chi connectivity index (χ2v) is 10.2. The highest BCUT2D eigenvalue weighted by Gasteiger charge is 2.20. The van der Waals surface area contributed by atoms with Gasteiger partial charge in [-0.05, 0) is 17.5 Å². The minimum atomic E-state index is -0.403. The molecule has 8 nitrogen and oxygen atoms in total. The first-order chi connectivity index (χ1) is 18.2. The van der Waals surface area contributed by atoms with E-state index in [1.54, 1.807) is 33.2 Å². The first-order valence-electron chi connectivity index (χ1n) is 11.8. The maximum atomic E-state index is 13.0. The molecule has 0 N–H and O–H groups in total. The van der Waals surface area contributed by atoms with Crippen molar-refractivity contribution in [1.29, 1.82) is 0 Å². The molecule has 0 aliphatic carbocycles. The van der Waals surface area contributed by atoms with Crippen LogP contribution >= 0.6 is 22.7 Å². The minimum absolute atomic E-state index is 0.179. The Labute approximate surface area is 224 Å². The van der Waals surface area contributed by atoms with E-state index in [9.17, 15) is 9.59 Å². The standard InChI is InChI=1S/C27H28N4O4S2/c32-26(34-18-24-14-28-20-36-24)30(16-22-8-3-1-4-9-22)12-7-13-31(17-23-10-5-2-6-11-23)27(33)35-19-25-15-29-21-37-25/h1-6,8-11,14-15,20-21H,7,12-13,16-19H2. The quantitative estimate of drug-likeness (QED) is 0.222. The van der Waals surface area contributed by atoms with Crippen LogP contribution in [0.2, 0.25) is 0 Å². The van der Waals surface area contributed by atoms with E-state index >= 15 is 0 Å². The van der Waals surface area contributed by atoms with Gasteiger partial charge in [0.05, 0.1) is 20.8 Å². The summed E-state index contributed by atoms with van der Waals surface area (Å²) in [6.07, 6.45) is 3.14. The zero-order valence-electron chi connectivity index (χ0n) is 20.3. The van der Waals surface area contributed by atoms with Gasteiger partial charge in [-0.15, -0.1) is 22.7 Å². The predicted octanol–water partition coefficient (Wildman–Crippen LogP) is 5.97. The molecular formula is C27H28N4O4S2. The Hall–Kier alpha value is -3.76. The summed E-state index contributed by atoms with van der Waals surface area (Å²) in [5.74, 6) is 0. The summed E-state index contributed by atoms with van der Waals surface area (Å²) >= 11 is 2.88. The molecule has 0 saturated carbocycles. The first-order valence-corrected chi connectivity index (χ1v) is 13.6. The third-order valence-electron chi connectivity index (χ3n) is 5.45. The summed E-state index contributed by atoms with van der Waals surface area (Å²) in [5.41, 5.74) is 5.42. The van der Waals surface area contributed by atoms with Gasteiger partial charge in [-0.3, -0.25) is 9.97 Å². The number of carbonyl (C=O) groups excluding carboxylic acids is 2.